The molecule has 1 aliphatic heterocycles. The molecule has 0 amide bonds. The Morgan fingerprint density at radius 2 is 2.00 bits per heavy atom. The topological polar surface area (TPSA) is 41.7 Å². The van der Waals surface area contributed by atoms with E-state index in [4.69, 9.17) is 10.5 Å². The maximum absolute atomic E-state index is 6.08. The van der Waals surface area contributed by atoms with Crippen molar-refractivity contribution in [1.82, 2.24) is 9.80 Å². The van der Waals surface area contributed by atoms with E-state index in [1.807, 2.05) is 12.1 Å². The minimum Gasteiger partial charge on any atom is -0.496 e. The highest BCUT2D eigenvalue weighted by Crippen LogP contribution is 2.32. The molecule has 2 rings (SSSR count). The van der Waals surface area contributed by atoms with Crippen LogP contribution in [0.4, 0.5) is 0 Å². The van der Waals surface area contributed by atoms with E-state index in [9.17, 15) is 0 Å². The summed E-state index contributed by atoms with van der Waals surface area (Å²) in [5, 5.41) is 0. The highest BCUT2D eigenvalue weighted by molar-refractivity contribution is 9.10. The number of hydrogen-bond acceptors (Lipinski definition) is 4. The predicted octanol–water partition coefficient (Wildman–Crippen LogP) is 2.49. The van der Waals surface area contributed by atoms with Gasteiger partial charge in [-0.3, -0.25) is 4.90 Å². The average Bonchev–Trinajstić information content (AvgIpc) is 2.50. The Labute approximate surface area is 136 Å². The molecule has 0 aromatic heterocycles. The quantitative estimate of drug-likeness (QED) is 0.850. The van der Waals surface area contributed by atoms with Crippen LogP contribution in [0.1, 0.15) is 24.9 Å². The van der Waals surface area contributed by atoms with Crippen LogP contribution in [0, 0.1) is 0 Å². The third kappa shape index (κ3) is 4.19. The smallest absolute Gasteiger partial charge is 0.123 e. The molecule has 1 aromatic rings. The second-order valence-corrected chi connectivity index (χ2v) is 6.43. The monoisotopic (exact) mass is 355 g/mol. The average molecular weight is 356 g/mol. The number of halogens is 1. The van der Waals surface area contributed by atoms with Crippen LogP contribution in [0.5, 0.6) is 5.75 Å². The SMILES string of the molecule is CCCN1CCN(C(CN)c2cc(Br)ccc2OC)CC1. The van der Waals surface area contributed by atoms with Gasteiger partial charge in [-0.05, 0) is 31.2 Å². The molecule has 4 nitrogen and oxygen atoms in total. The van der Waals surface area contributed by atoms with Crippen molar-refractivity contribution in [2.45, 2.75) is 19.4 Å². The zero-order chi connectivity index (χ0) is 15.2. The number of piperazine rings is 1. The Morgan fingerprint density at radius 1 is 1.29 bits per heavy atom. The van der Waals surface area contributed by atoms with Gasteiger partial charge >= 0.3 is 0 Å². The van der Waals surface area contributed by atoms with Gasteiger partial charge in [-0.15, -0.1) is 0 Å². The summed E-state index contributed by atoms with van der Waals surface area (Å²) in [4.78, 5) is 5.01. The Morgan fingerprint density at radius 3 is 2.57 bits per heavy atom. The molecule has 0 bridgehead atoms. The van der Waals surface area contributed by atoms with Gasteiger partial charge in [0.2, 0.25) is 0 Å². The molecule has 5 heteroatoms. The van der Waals surface area contributed by atoms with E-state index in [0.717, 1.165) is 36.4 Å². The van der Waals surface area contributed by atoms with Crippen LogP contribution in [0.15, 0.2) is 22.7 Å². The summed E-state index contributed by atoms with van der Waals surface area (Å²) in [7, 11) is 1.72. The first kappa shape index (κ1) is 16.7. The van der Waals surface area contributed by atoms with Crippen molar-refractivity contribution in [3.8, 4) is 5.75 Å². The van der Waals surface area contributed by atoms with Gasteiger partial charge in [0.05, 0.1) is 13.2 Å². The number of nitrogens with zero attached hydrogens (tertiary/aromatic N) is 2. The Kier molecular flexibility index (Phi) is 6.48. The van der Waals surface area contributed by atoms with Gasteiger partial charge in [-0.25, -0.2) is 0 Å². The van der Waals surface area contributed by atoms with E-state index in [-0.39, 0.29) is 6.04 Å². The lowest BCUT2D eigenvalue weighted by Crippen LogP contribution is -2.49. The lowest BCUT2D eigenvalue weighted by Gasteiger charge is -2.39. The molecule has 0 saturated carbocycles. The van der Waals surface area contributed by atoms with Gasteiger partial charge in [0, 0.05) is 42.8 Å². The minimum atomic E-state index is 0.223. The molecule has 1 fully saturated rings. The van der Waals surface area contributed by atoms with Crippen LogP contribution < -0.4 is 10.5 Å². The third-order valence-corrected chi connectivity index (χ3v) is 4.65. The summed E-state index contributed by atoms with van der Waals surface area (Å²) in [5.41, 5.74) is 7.26. The number of ether oxygens (including phenoxy) is 1. The molecular formula is C16H26BrN3O. The van der Waals surface area contributed by atoms with E-state index in [0.29, 0.717) is 6.54 Å². The normalized spacial score (nSPS) is 18.7. The minimum absolute atomic E-state index is 0.223. The van der Waals surface area contributed by atoms with Crippen LogP contribution in [0.2, 0.25) is 0 Å². The summed E-state index contributed by atoms with van der Waals surface area (Å²) in [6, 6.07) is 6.38. The fraction of sp³-hybridized carbons (Fsp3) is 0.625. The first-order chi connectivity index (χ1) is 10.2. The molecule has 0 aliphatic carbocycles. The fourth-order valence-corrected chi connectivity index (χ4v) is 3.43. The molecule has 21 heavy (non-hydrogen) atoms. The van der Waals surface area contributed by atoms with Crippen molar-refractivity contribution in [1.29, 1.82) is 0 Å². The van der Waals surface area contributed by atoms with Gasteiger partial charge in [0.15, 0.2) is 0 Å². The van der Waals surface area contributed by atoms with Crippen molar-refractivity contribution >= 4 is 15.9 Å². The zero-order valence-electron chi connectivity index (χ0n) is 13.0. The van der Waals surface area contributed by atoms with E-state index >= 15 is 0 Å². The molecule has 0 spiro atoms. The van der Waals surface area contributed by atoms with Gasteiger partial charge in [-0.1, -0.05) is 22.9 Å². The maximum Gasteiger partial charge on any atom is 0.123 e. The van der Waals surface area contributed by atoms with Crippen LogP contribution in [0.25, 0.3) is 0 Å². The standard InChI is InChI=1S/C16H26BrN3O/c1-3-6-19-7-9-20(10-8-19)15(12-18)14-11-13(17)4-5-16(14)21-2/h4-5,11,15H,3,6-10,12,18H2,1-2H3. The first-order valence-electron chi connectivity index (χ1n) is 7.69. The van der Waals surface area contributed by atoms with Gasteiger partial charge < -0.3 is 15.4 Å². The second kappa shape index (κ2) is 8.13. The van der Waals surface area contributed by atoms with Crippen LogP contribution in [-0.4, -0.2) is 56.2 Å². The zero-order valence-corrected chi connectivity index (χ0v) is 14.6. The molecule has 1 aromatic carbocycles. The lowest BCUT2D eigenvalue weighted by atomic mass is 10.0. The lowest BCUT2D eigenvalue weighted by molar-refractivity contribution is 0.0974. The van der Waals surface area contributed by atoms with Crippen LogP contribution in [0.3, 0.4) is 0 Å². The van der Waals surface area contributed by atoms with Crippen molar-refractivity contribution in [3.63, 3.8) is 0 Å². The third-order valence-electron chi connectivity index (χ3n) is 4.16. The number of rotatable bonds is 6. The number of methoxy groups -OCH3 is 1. The summed E-state index contributed by atoms with van der Waals surface area (Å²) in [6.07, 6.45) is 1.22. The van der Waals surface area contributed by atoms with E-state index in [1.165, 1.54) is 18.5 Å². The Balaban J connectivity index is 2.12. The van der Waals surface area contributed by atoms with Crippen LogP contribution >= 0.6 is 15.9 Å². The van der Waals surface area contributed by atoms with Crippen molar-refractivity contribution in [3.05, 3.63) is 28.2 Å². The van der Waals surface area contributed by atoms with E-state index < -0.39 is 0 Å². The molecular weight excluding hydrogens is 330 g/mol. The fourth-order valence-electron chi connectivity index (χ4n) is 3.05. The second-order valence-electron chi connectivity index (χ2n) is 5.52. The number of nitrogens with two attached hydrogens (primary N) is 1. The van der Waals surface area contributed by atoms with Crippen molar-refractivity contribution in [2.75, 3.05) is 46.4 Å². The summed E-state index contributed by atoms with van der Waals surface area (Å²) < 4.78 is 6.59. The molecule has 1 saturated heterocycles. The number of hydrogen-bond donors (Lipinski definition) is 1. The van der Waals surface area contributed by atoms with E-state index in [2.05, 4.69) is 38.7 Å². The van der Waals surface area contributed by atoms with Gasteiger partial charge in [-0.2, -0.15) is 0 Å². The molecule has 1 aliphatic rings. The first-order valence-corrected chi connectivity index (χ1v) is 8.48. The number of benzene rings is 1. The maximum atomic E-state index is 6.08. The van der Waals surface area contributed by atoms with Crippen molar-refractivity contribution in [2.24, 2.45) is 5.73 Å². The Hall–Kier alpha value is -0.620. The van der Waals surface area contributed by atoms with Crippen LogP contribution in [-0.2, 0) is 0 Å². The molecule has 1 heterocycles. The largest absolute Gasteiger partial charge is 0.496 e. The van der Waals surface area contributed by atoms with Gasteiger partial charge in [0.1, 0.15) is 5.75 Å². The summed E-state index contributed by atoms with van der Waals surface area (Å²) in [5.74, 6) is 0.921. The highest BCUT2D eigenvalue weighted by atomic mass is 79.9. The van der Waals surface area contributed by atoms with Gasteiger partial charge in [0.25, 0.3) is 0 Å². The van der Waals surface area contributed by atoms with Crippen molar-refractivity contribution < 1.29 is 4.74 Å². The predicted molar refractivity (Wildman–Crippen MR) is 90.8 cm³/mol. The molecule has 118 valence electrons. The summed E-state index contributed by atoms with van der Waals surface area (Å²) in [6.45, 7) is 8.43. The molecule has 2 N–H and O–H groups in total. The molecule has 1 atom stereocenters. The molecule has 1 unspecified atom stereocenters. The summed E-state index contributed by atoms with van der Waals surface area (Å²) >= 11 is 3.55. The van der Waals surface area contributed by atoms with E-state index in [1.54, 1.807) is 7.11 Å². The molecule has 0 radical (unpaired) electrons. The Bertz CT molecular complexity index is 447. The highest BCUT2D eigenvalue weighted by Gasteiger charge is 2.26.